The molecule has 1 aromatic rings. The Balaban J connectivity index is 1.59. The standard InChI is InChI=1S/C20H24O7/c1-18-8-13(10-4-6-25-9-10)26-16(22)11(18)3-5-19(2)14(18)7-12-15(21)20(19,24)17(23)27-12/h4,6,9,11-15,21,24H,3,5,7-8H2,1-2H3/t11-,12+,13+,14+,15-,18-,19-,20+/m1/s1. The summed E-state index contributed by atoms with van der Waals surface area (Å²) in [6.45, 7) is 3.91. The summed E-state index contributed by atoms with van der Waals surface area (Å²) < 4.78 is 16.2. The maximum Gasteiger partial charge on any atom is 0.342 e. The Morgan fingerprint density at radius 1 is 1.22 bits per heavy atom. The van der Waals surface area contributed by atoms with E-state index >= 15 is 0 Å². The molecule has 7 nitrogen and oxygen atoms in total. The molecule has 0 amide bonds. The number of furan rings is 1. The molecule has 2 bridgehead atoms. The van der Waals surface area contributed by atoms with Gasteiger partial charge in [-0.25, -0.2) is 4.79 Å². The molecular formula is C20H24O7. The fourth-order valence-electron chi connectivity index (χ4n) is 6.55. The second-order valence-corrected chi connectivity index (χ2v) is 9.14. The highest BCUT2D eigenvalue weighted by Gasteiger charge is 2.76. The van der Waals surface area contributed by atoms with E-state index in [9.17, 15) is 19.8 Å². The number of carbonyl (C=O) groups excluding carboxylic acids is 2. The molecule has 2 saturated carbocycles. The fourth-order valence-corrected chi connectivity index (χ4v) is 6.55. The van der Waals surface area contributed by atoms with Gasteiger partial charge in [-0.3, -0.25) is 4.79 Å². The van der Waals surface area contributed by atoms with Gasteiger partial charge in [-0.1, -0.05) is 13.8 Å². The predicted octanol–water partition coefficient (Wildman–Crippen LogP) is 1.73. The fraction of sp³-hybridized carbons (Fsp3) is 0.700. The summed E-state index contributed by atoms with van der Waals surface area (Å²) in [6.07, 6.45) is 2.73. The number of aliphatic hydroxyl groups is 2. The van der Waals surface area contributed by atoms with Gasteiger partial charge in [0, 0.05) is 11.0 Å². The molecule has 1 aromatic heterocycles. The van der Waals surface area contributed by atoms with Crippen LogP contribution in [-0.2, 0) is 19.1 Å². The summed E-state index contributed by atoms with van der Waals surface area (Å²) in [4.78, 5) is 25.3. The second kappa shape index (κ2) is 5.14. The molecular weight excluding hydrogens is 352 g/mol. The molecule has 2 N–H and O–H groups in total. The number of hydrogen-bond acceptors (Lipinski definition) is 7. The van der Waals surface area contributed by atoms with Gasteiger partial charge in [-0.05, 0) is 43.1 Å². The number of esters is 2. The third-order valence-corrected chi connectivity index (χ3v) is 8.09. The molecule has 5 rings (SSSR count). The van der Waals surface area contributed by atoms with E-state index in [1.807, 2.05) is 6.92 Å². The average molecular weight is 376 g/mol. The van der Waals surface area contributed by atoms with E-state index in [0.29, 0.717) is 25.7 Å². The minimum atomic E-state index is -1.93. The number of rotatable bonds is 1. The zero-order valence-electron chi connectivity index (χ0n) is 15.4. The van der Waals surface area contributed by atoms with Crippen LogP contribution in [-0.4, -0.2) is 40.0 Å². The molecule has 7 heteroatoms. The van der Waals surface area contributed by atoms with Crippen molar-refractivity contribution >= 4 is 11.9 Å². The lowest BCUT2D eigenvalue weighted by atomic mass is 9.42. The van der Waals surface area contributed by atoms with E-state index in [1.54, 1.807) is 18.6 Å². The lowest BCUT2D eigenvalue weighted by molar-refractivity contribution is -0.242. The van der Waals surface area contributed by atoms with Crippen molar-refractivity contribution in [3.8, 4) is 0 Å². The number of hydrogen-bond donors (Lipinski definition) is 2. The topological polar surface area (TPSA) is 106 Å². The van der Waals surface area contributed by atoms with Crippen LogP contribution in [0.5, 0.6) is 0 Å². The Hall–Kier alpha value is -1.86. The highest BCUT2D eigenvalue weighted by Crippen LogP contribution is 2.68. The van der Waals surface area contributed by atoms with Gasteiger partial charge in [-0.15, -0.1) is 0 Å². The molecule has 2 aliphatic carbocycles. The van der Waals surface area contributed by atoms with Crippen molar-refractivity contribution in [1.82, 2.24) is 0 Å². The number of aliphatic hydroxyl groups excluding tert-OH is 1. The van der Waals surface area contributed by atoms with Crippen molar-refractivity contribution in [2.75, 3.05) is 0 Å². The van der Waals surface area contributed by atoms with Gasteiger partial charge < -0.3 is 24.1 Å². The van der Waals surface area contributed by atoms with Gasteiger partial charge in [0.1, 0.15) is 18.3 Å². The number of fused-ring (bicyclic) bond motifs is 6. The maximum atomic E-state index is 12.8. The normalized spacial score (nSPS) is 51.2. The SMILES string of the molecule is C[C@@]12C[C@@H](c3ccoc3)OC(=O)[C@H]1CC[C@]1(C)[C@H]2C[C@@H]2OC(=O)[C@@]1(O)[C@@H]2O. The van der Waals surface area contributed by atoms with Crippen LogP contribution in [0.2, 0.25) is 0 Å². The van der Waals surface area contributed by atoms with E-state index in [0.717, 1.165) is 5.56 Å². The lowest BCUT2D eigenvalue weighted by Crippen LogP contribution is -2.69. The molecule has 2 saturated heterocycles. The van der Waals surface area contributed by atoms with Gasteiger partial charge >= 0.3 is 11.9 Å². The van der Waals surface area contributed by atoms with Crippen LogP contribution in [0.3, 0.4) is 0 Å². The number of cyclic esters (lactones) is 1. The molecule has 0 aromatic carbocycles. The third-order valence-electron chi connectivity index (χ3n) is 8.09. The van der Waals surface area contributed by atoms with Gasteiger partial charge in [0.2, 0.25) is 0 Å². The first-order chi connectivity index (χ1) is 12.7. The van der Waals surface area contributed by atoms with E-state index in [1.165, 1.54) is 0 Å². The zero-order chi connectivity index (χ0) is 19.2. The molecule has 0 unspecified atom stereocenters. The van der Waals surface area contributed by atoms with Gasteiger partial charge in [0.05, 0.1) is 18.4 Å². The molecule has 4 aliphatic rings. The minimum absolute atomic E-state index is 0.157. The summed E-state index contributed by atoms with van der Waals surface area (Å²) in [5, 5.41) is 21.9. The smallest absolute Gasteiger partial charge is 0.342 e. The van der Waals surface area contributed by atoms with Crippen LogP contribution in [0.25, 0.3) is 0 Å². The van der Waals surface area contributed by atoms with E-state index in [-0.39, 0.29) is 17.8 Å². The summed E-state index contributed by atoms with van der Waals surface area (Å²) in [5.41, 5.74) is -2.47. The van der Waals surface area contributed by atoms with Crippen LogP contribution in [0.15, 0.2) is 23.0 Å². The molecule has 0 spiro atoms. The van der Waals surface area contributed by atoms with Crippen molar-refractivity contribution in [3.63, 3.8) is 0 Å². The Bertz CT molecular complexity index is 803. The zero-order valence-corrected chi connectivity index (χ0v) is 15.4. The first-order valence-corrected chi connectivity index (χ1v) is 9.56. The van der Waals surface area contributed by atoms with Crippen LogP contribution in [0, 0.1) is 22.7 Å². The van der Waals surface area contributed by atoms with E-state index in [2.05, 4.69) is 6.92 Å². The molecule has 146 valence electrons. The van der Waals surface area contributed by atoms with Crippen LogP contribution in [0.4, 0.5) is 0 Å². The summed E-state index contributed by atoms with van der Waals surface area (Å²) in [6, 6.07) is 1.79. The van der Waals surface area contributed by atoms with E-state index in [4.69, 9.17) is 13.9 Å². The summed E-state index contributed by atoms with van der Waals surface area (Å²) in [7, 11) is 0. The Morgan fingerprint density at radius 3 is 2.70 bits per heavy atom. The van der Waals surface area contributed by atoms with E-state index < -0.39 is 40.7 Å². The first kappa shape index (κ1) is 17.3. The van der Waals surface area contributed by atoms with Crippen molar-refractivity contribution in [2.24, 2.45) is 22.7 Å². The van der Waals surface area contributed by atoms with Crippen molar-refractivity contribution in [2.45, 2.75) is 63.4 Å². The van der Waals surface area contributed by atoms with Crippen molar-refractivity contribution < 1.29 is 33.7 Å². The lowest BCUT2D eigenvalue weighted by Gasteiger charge is -2.62. The molecule has 2 aliphatic heterocycles. The average Bonchev–Trinajstić information content (AvgIpc) is 3.19. The first-order valence-electron chi connectivity index (χ1n) is 9.56. The van der Waals surface area contributed by atoms with Crippen molar-refractivity contribution in [1.29, 1.82) is 0 Å². The highest BCUT2D eigenvalue weighted by atomic mass is 16.6. The molecule has 27 heavy (non-hydrogen) atoms. The molecule has 0 radical (unpaired) electrons. The van der Waals surface area contributed by atoms with Crippen LogP contribution >= 0.6 is 0 Å². The second-order valence-electron chi connectivity index (χ2n) is 9.14. The number of ether oxygens (including phenoxy) is 2. The quantitative estimate of drug-likeness (QED) is 0.719. The monoisotopic (exact) mass is 376 g/mol. The molecule has 8 atom stereocenters. The summed E-state index contributed by atoms with van der Waals surface area (Å²) >= 11 is 0. The molecule has 3 heterocycles. The minimum Gasteiger partial charge on any atom is -0.472 e. The summed E-state index contributed by atoms with van der Waals surface area (Å²) in [5.74, 6) is -1.44. The molecule has 4 fully saturated rings. The largest absolute Gasteiger partial charge is 0.472 e. The Morgan fingerprint density at radius 2 is 2.00 bits per heavy atom. The Kier molecular flexibility index (Phi) is 3.29. The maximum absolute atomic E-state index is 12.8. The van der Waals surface area contributed by atoms with Gasteiger partial charge in [0.25, 0.3) is 0 Å². The third kappa shape index (κ3) is 1.89. The van der Waals surface area contributed by atoms with Crippen LogP contribution in [0.1, 0.15) is 51.2 Å². The number of carbonyl (C=O) groups is 2. The Labute approximate surface area is 156 Å². The predicted molar refractivity (Wildman–Crippen MR) is 90.0 cm³/mol. The van der Waals surface area contributed by atoms with Crippen molar-refractivity contribution in [3.05, 3.63) is 24.2 Å². The van der Waals surface area contributed by atoms with Gasteiger partial charge in [0.15, 0.2) is 5.60 Å². The van der Waals surface area contributed by atoms with Crippen LogP contribution < -0.4 is 0 Å². The van der Waals surface area contributed by atoms with Gasteiger partial charge in [-0.2, -0.15) is 0 Å². The highest BCUT2D eigenvalue weighted by molar-refractivity contribution is 5.85.